The molecule has 0 atom stereocenters. The van der Waals surface area contributed by atoms with Crippen molar-refractivity contribution in [2.75, 3.05) is 6.54 Å². The summed E-state index contributed by atoms with van der Waals surface area (Å²) < 4.78 is 0. The second-order valence-electron chi connectivity index (χ2n) is 3.61. The van der Waals surface area contributed by atoms with Gasteiger partial charge in [0.25, 0.3) is 5.91 Å². The Morgan fingerprint density at radius 3 is 2.15 bits per heavy atom. The molecule has 0 saturated heterocycles. The summed E-state index contributed by atoms with van der Waals surface area (Å²) in [5, 5.41) is 8.76. The molecular formula is C7H15N3O3. The maximum Gasteiger partial charge on any atom is 0.408 e. The van der Waals surface area contributed by atoms with Gasteiger partial charge in [-0.05, 0) is 20.8 Å². The number of carbonyl (C=O) groups excluding carboxylic acids is 1. The van der Waals surface area contributed by atoms with E-state index in [0.29, 0.717) is 0 Å². The Hall–Kier alpha value is -1.30. The number of carboxylic acid groups (broad SMARTS) is 1. The molecule has 6 nitrogen and oxygen atoms in total. The van der Waals surface area contributed by atoms with E-state index < -0.39 is 17.5 Å². The fraction of sp³-hybridized carbons (Fsp3) is 0.714. The third-order valence-corrected chi connectivity index (χ3v) is 1.50. The lowest BCUT2D eigenvalue weighted by Gasteiger charge is -2.32. The molecule has 0 aromatic rings. The van der Waals surface area contributed by atoms with Gasteiger partial charge in [-0.2, -0.15) is 0 Å². The second-order valence-corrected chi connectivity index (χ2v) is 3.61. The predicted octanol–water partition coefficient (Wildman–Crippen LogP) is -0.245. The molecule has 6 heteroatoms. The third kappa shape index (κ3) is 3.75. The zero-order valence-corrected chi connectivity index (χ0v) is 8.00. The Kier molecular flexibility index (Phi) is 3.68. The average molecular weight is 189 g/mol. The van der Waals surface area contributed by atoms with E-state index in [1.807, 2.05) is 5.43 Å². The van der Waals surface area contributed by atoms with Crippen LogP contribution in [0.2, 0.25) is 0 Å². The van der Waals surface area contributed by atoms with E-state index >= 15 is 0 Å². The highest BCUT2D eigenvalue weighted by molar-refractivity contribution is 5.81. The van der Waals surface area contributed by atoms with E-state index in [2.05, 4.69) is 0 Å². The van der Waals surface area contributed by atoms with Gasteiger partial charge in [0.1, 0.15) is 6.54 Å². The number of nitrogens with two attached hydrogens (primary N) is 1. The van der Waals surface area contributed by atoms with Crippen molar-refractivity contribution in [2.45, 2.75) is 26.3 Å². The lowest BCUT2D eigenvalue weighted by Crippen LogP contribution is -2.50. The van der Waals surface area contributed by atoms with Gasteiger partial charge in [-0.1, -0.05) is 0 Å². The molecule has 0 aliphatic carbocycles. The Morgan fingerprint density at radius 2 is 1.92 bits per heavy atom. The molecule has 4 N–H and O–H groups in total. The maximum absolute atomic E-state index is 10.8. The van der Waals surface area contributed by atoms with Crippen LogP contribution in [0.15, 0.2) is 0 Å². The number of hydrogen-bond acceptors (Lipinski definition) is 3. The summed E-state index contributed by atoms with van der Waals surface area (Å²) in [5.41, 5.74) is 1.27. The molecule has 0 aliphatic heterocycles. The summed E-state index contributed by atoms with van der Waals surface area (Å²) in [6.07, 6.45) is -1.14. The summed E-state index contributed by atoms with van der Waals surface area (Å²) in [5.74, 6) is 4.31. The highest BCUT2D eigenvalue weighted by atomic mass is 16.4. The van der Waals surface area contributed by atoms with Gasteiger partial charge in [-0.3, -0.25) is 15.1 Å². The van der Waals surface area contributed by atoms with Gasteiger partial charge in [0.2, 0.25) is 0 Å². The molecule has 0 rings (SSSR count). The van der Waals surface area contributed by atoms with Gasteiger partial charge in [0, 0.05) is 5.54 Å². The van der Waals surface area contributed by atoms with Crippen LogP contribution in [0.3, 0.4) is 0 Å². The van der Waals surface area contributed by atoms with Crippen molar-refractivity contribution in [2.24, 2.45) is 5.84 Å². The molecule has 0 aromatic carbocycles. The standard InChI is InChI=1S/C7H15N3O3/c1-7(2,3)10(6(12)13)4-5(11)9-8/h4,8H2,1-3H3,(H,9,11)(H,12,13). The second kappa shape index (κ2) is 4.08. The Balaban J connectivity index is 4.46. The fourth-order valence-electron chi connectivity index (χ4n) is 0.781. The van der Waals surface area contributed by atoms with E-state index in [1.165, 1.54) is 0 Å². The number of nitrogens with zero attached hydrogens (tertiary/aromatic N) is 1. The molecule has 76 valence electrons. The zero-order valence-electron chi connectivity index (χ0n) is 8.00. The number of carbonyl (C=O) groups is 2. The van der Waals surface area contributed by atoms with Gasteiger partial charge in [-0.25, -0.2) is 10.6 Å². The summed E-state index contributed by atoms with van der Waals surface area (Å²) in [6.45, 7) is 4.84. The van der Waals surface area contributed by atoms with Crippen LogP contribution in [0.1, 0.15) is 20.8 Å². The largest absolute Gasteiger partial charge is 0.465 e. The lowest BCUT2D eigenvalue weighted by molar-refractivity contribution is -0.123. The molecular weight excluding hydrogens is 174 g/mol. The smallest absolute Gasteiger partial charge is 0.408 e. The normalized spacial score (nSPS) is 10.8. The summed E-state index contributed by atoms with van der Waals surface area (Å²) >= 11 is 0. The predicted molar refractivity (Wildman–Crippen MR) is 46.8 cm³/mol. The van der Waals surface area contributed by atoms with Crippen LogP contribution >= 0.6 is 0 Å². The minimum Gasteiger partial charge on any atom is -0.465 e. The van der Waals surface area contributed by atoms with E-state index in [-0.39, 0.29) is 6.54 Å². The van der Waals surface area contributed by atoms with Crippen molar-refractivity contribution in [3.63, 3.8) is 0 Å². The van der Waals surface area contributed by atoms with Gasteiger partial charge < -0.3 is 5.11 Å². The van der Waals surface area contributed by atoms with E-state index in [9.17, 15) is 9.59 Å². The van der Waals surface area contributed by atoms with Gasteiger partial charge in [0.05, 0.1) is 0 Å². The summed E-state index contributed by atoms with van der Waals surface area (Å²) in [7, 11) is 0. The van der Waals surface area contributed by atoms with E-state index in [0.717, 1.165) is 4.90 Å². The van der Waals surface area contributed by atoms with Crippen LogP contribution in [0.25, 0.3) is 0 Å². The molecule has 0 heterocycles. The maximum atomic E-state index is 10.8. The highest BCUT2D eigenvalue weighted by Gasteiger charge is 2.27. The zero-order chi connectivity index (χ0) is 10.6. The lowest BCUT2D eigenvalue weighted by atomic mass is 10.1. The van der Waals surface area contributed by atoms with Crippen molar-refractivity contribution in [3.8, 4) is 0 Å². The average Bonchev–Trinajstić information content (AvgIpc) is 1.96. The molecule has 0 fully saturated rings. The highest BCUT2D eigenvalue weighted by Crippen LogP contribution is 2.12. The van der Waals surface area contributed by atoms with Crippen molar-refractivity contribution in [3.05, 3.63) is 0 Å². The van der Waals surface area contributed by atoms with Crippen molar-refractivity contribution >= 4 is 12.0 Å². The number of hydrogen-bond donors (Lipinski definition) is 3. The van der Waals surface area contributed by atoms with Crippen molar-refractivity contribution in [1.29, 1.82) is 0 Å². The first-order valence-corrected chi connectivity index (χ1v) is 3.79. The quantitative estimate of drug-likeness (QED) is 0.317. The summed E-state index contributed by atoms with van der Waals surface area (Å²) in [6, 6.07) is 0. The first kappa shape index (κ1) is 11.7. The topological polar surface area (TPSA) is 95.7 Å². The van der Waals surface area contributed by atoms with E-state index in [1.54, 1.807) is 20.8 Å². The van der Waals surface area contributed by atoms with Crippen LogP contribution < -0.4 is 11.3 Å². The third-order valence-electron chi connectivity index (χ3n) is 1.50. The number of nitrogens with one attached hydrogen (secondary N) is 1. The molecule has 0 unspecified atom stereocenters. The van der Waals surface area contributed by atoms with Gasteiger partial charge in [0.15, 0.2) is 0 Å². The minimum absolute atomic E-state index is 0.255. The molecule has 0 aliphatic rings. The summed E-state index contributed by atoms with van der Waals surface area (Å²) in [4.78, 5) is 22.5. The molecule has 0 spiro atoms. The van der Waals surface area contributed by atoms with Crippen LogP contribution in [-0.4, -0.2) is 34.1 Å². The minimum atomic E-state index is -1.14. The van der Waals surface area contributed by atoms with Crippen LogP contribution in [0, 0.1) is 0 Å². The monoisotopic (exact) mass is 189 g/mol. The molecule has 0 saturated carbocycles. The SMILES string of the molecule is CC(C)(C)N(CC(=O)NN)C(=O)O. The Labute approximate surface area is 76.7 Å². The molecule has 0 radical (unpaired) electrons. The molecule has 0 bridgehead atoms. The van der Waals surface area contributed by atoms with Crippen molar-refractivity contribution < 1.29 is 14.7 Å². The van der Waals surface area contributed by atoms with Gasteiger partial charge in [-0.15, -0.1) is 0 Å². The van der Waals surface area contributed by atoms with E-state index in [4.69, 9.17) is 10.9 Å². The Morgan fingerprint density at radius 1 is 1.46 bits per heavy atom. The fourth-order valence-corrected chi connectivity index (χ4v) is 0.781. The molecule has 0 aromatic heterocycles. The van der Waals surface area contributed by atoms with Crippen LogP contribution in [-0.2, 0) is 4.79 Å². The van der Waals surface area contributed by atoms with Crippen molar-refractivity contribution in [1.82, 2.24) is 10.3 Å². The molecule has 13 heavy (non-hydrogen) atoms. The first-order chi connectivity index (χ1) is 5.79. The first-order valence-electron chi connectivity index (χ1n) is 3.79. The molecule has 2 amide bonds. The number of hydrazine groups is 1. The number of amides is 2. The number of rotatable bonds is 2. The van der Waals surface area contributed by atoms with Gasteiger partial charge >= 0.3 is 6.09 Å². The Bertz CT molecular complexity index is 210. The van der Waals surface area contributed by atoms with Crippen LogP contribution in [0.5, 0.6) is 0 Å². The van der Waals surface area contributed by atoms with Crippen LogP contribution in [0.4, 0.5) is 4.79 Å².